The summed E-state index contributed by atoms with van der Waals surface area (Å²) in [6, 6.07) is 0. The first-order valence-corrected chi connectivity index (χ1v) is 9.71. The second-order valence-electron chi connectivity index (χ2n) is 6.97. The molecule has 0 spiro atoms. The summed E-state index contributed by atoms with van der Waals surface area (Å²) in [5.74, 6) is 2.97. The van der Waals surface area contributed by atoms with Crippen LogP contribution in [0.3, 0.4) is 0 Å². The van der Waals surface area contributed by atoms with Gasteiger partial charge in [0.05, 0.1) is 17.2 Å². The molecule has 120 valence electrons. The second kappa shape index (κ2) is 6.51. The van der Waals surface area contributed by atoms with Gasteiger partial charge in [0, 0.05) is 5.56 Å². The molecule has 0 amide bonds. The topological polar surface area (TPSA) is 60.2 Å². The Balaban J connectivity index is 1.92. The average molecular weight is 313 g/mol. The van der Waals surface area contributed by atoms with E-state index in [1.54, 1.807) is 13.8 Å². The third-order valence-corrected chi connectivity index (χ3v) is 6.24. The number of sulfone groups is 1. The van der Waals surface area contributed by atoms with Crippen molar-refractivity contribution in [1.29, 1.82) is 0 Å². The van der Waals surface area contributed by atoms with Crippen LogP contribution in [0, 0.1) is 31.6 Å². The lowest BCUT2D eigenvalue weighted by molar-refractivity contribution is 0.215. The predicted molar refractivity (Wildman–Crippen MR) is 83.8 cm³/mol. The van der Waals surface area contributed by atoms with Crippen LogP contribution >= 0.6 is 0 Å². The van der Waals surface area contributed by atoms with E-state index in [0.29, 0.717) is 17.4 Å². The fourth-order valence-corrected chi connectivity index (χ4v) is 5.38. The molecule has 1 fully saturated rings. The molecule has 0 aliphatic heterocycles. The van der Waals surface area contributed by atoms with Gasteiger partial charge in [-0.05, 0) is 57.3 Å². The Morgan fingerprint density at radius 2 is 1.76 bits per heavy atom. The molecule has 21 heavy (non-hydrogen) atoms. The fraction of sp³-hybridized carbons (Fsp3) is 0.812. The maximum atomic E-state index is 12.3. The maximum absolute atomic E-state index is 12.3. The van der Waals surface area contributed by atoms with Gasteiger partial charge in [0.25, 0.3) is 0 Å². The van der Waals surface area contributed by atoms with Crippen molar-refractivity contribution in [3.63, 3.8) is 0 Å². The first-order chi connectivity index (χ1) is 9.77. The highest BCUT2D eigenvalue weighted by Crippen LogP contribution is 2.35. The summed E-state index contributed by atoms with van der Waals surface area (Å²) in [5.41, 5.74) is 1.43. The van der Waals surface area contributed by atoms with Gasteiger partial charge < -0.3 is 4.52 Å². The van der Waals surface area contributed by atoms with E-state index >= 15 is 0 Å². The van der Waals surface area contributed by atoms with E-state index in [1.807, 2.05) is 0 Å². The van der Waals surface area contributed by atoms with E-state index < -0.39 is 9.84 Å². The molecule has 0 saturated heterocycles. The zero-order valence-electron chi connectivity index (χ0n) is 13.6. The van der Waals surface area contributed by atoms with Gasteiger partial charge in [-0.15, -0.1) is 0 Å². The molecular weight excluding hydrogens is 286 g/mol. The number of hydrogen-bond acceptors (Lipinski definition) is 4. The van der Waals surface area contributed by atoms with Crippen molar-refractivity contribution < 1.29 is 12.9 Å². The monoisotopic (exact) mass is 313 g/mol. The number of nitrogens with zero attached hydrogens (tertiary/aromatic N) is 1. The molecule has 0 radical (unpaired) electrons. The third kappa shape index (κ3) is 4.56. The highest BCUT2D eigenvalue weighted by atomic mass is 32.2. The molecule has 1 aromatic rings. The zero-order valence-corrected chi connectivity index (χ0v) is 14.4. The summed E-state index contributed by atoms with van der Waals surface area (Å²) in [6.07, 6.45) is 4.42. The second-order valence-corrected chi connectivity index (χ2v) is 9.15. The lowest BCUT2D eigenvalue weighted by Gasteiger charge is -2.31. The minimum Gasteiger partial charge on any atom is -0.361 e. The molecule has 4 nitrogen and oxygen atoms in total. The van der Waals surface area contributed by atoms with Crippen LogP contribution in [0.25, 0.3) is 0 Å². The first-order valence-electron chi connectivity index (χ1n) is 7.89. The number of aryl methyl sites for hydroxylation is 2. The Labute approximate surface area is 128 Å². The quantitative estimate of drug-likeness (QED) is 0.832. The molecule has 1 heterocycles. The van der Waals surface area contributed by atoms with E-state index in [2.05, 4.69) is 19.0 Å². The van der Waals surface area contributed by atoms with E-state index in [0.717, 1.165) is 23.8 Å². The lowest BCUT2D eigenvalue weighted by atomic mass is 9.76. The summed E-state index contributed by atoms with van der Waals surface area (Å²) in [6.45, 7) is 8.13. The Hall–Kier alpha value is -0.840. The van der Waals surface area contributed by atoms with Gasteiger partial charge in [-0.3, -0.25) is 0 Å². The van der Waals surface area contributed by atoms with Crippen LogP contribution in [0.15, 0.2) is 4.52 Å². The van der Waals surface area contributed by atoms with Crippen molar-refractivity contribution in [3.05, 3.63) is 17.0 Å². The van der Waals surface area contributed by atoms with Crippen LogP contribution in [-0.4, -0.2) is 19.3 Å². The van der Waals surface area contributed by atoms with Gasteiger partial charge >= 0.3 is 0 Å². The zero-order chi connectivity index (χ0) is 15.6. The number of aromatic nitrogens is 1. The molecule has 5 heteroatoms. The van der Waals surface area contributed by atoms with Gasteiger partial charge in [-0.1, -0.05) is 19.0 Å². The van der Waals surface area contributed by atoms with Gasteiger partial charge in [-0.2, -0.15) is 0 Å². The molecule has 1 saturated carbocycles. The first kappa shape index (κ1) is 16.5. The number of hydrogen-bond donors (Lipinski definition) is 0. The summed E-state index contributed by atoms with van der Waals surface area (Å²) >= 11 is 0. The van der Waals surface area contributed by atoms with Crippen LogP contribution in [0.1, 0.15) is 56.5 Å². The lowest BCUT2D eigenvalue weighted by Crippen LogP contribution is -2.22. The van der Waals surface area contributed by atoms with Gasteiger partial charge in [0.2, 0.25) is 0 Å². The smallest absolute Gasteiger partial charge is 0.154 e. The third-order valence-electron chi connectivity index (χ3n) is 4.66. The molecule has 1 aliphatic carbocycles. The van der Waals surface area contributed by atoms with Crippen molar-refractivity contribution in [2.75, 3.05) is 5.75 Å². The van der Waals surface area contributed by atoms with Gasteiger partial charge in [0.1, 0.15) is 5.76 Å². The number of rotatable bonds is 5. The molecule has 0 N–H and O–H groups in total. The standard InChI is InChI=1S/C16H27NO3S/c1-11-7-12(2)9-15(8-11)5-6-21(18,19)10-16-13(3)17-20-14(16)4/h11-12,15H,5-10H2,1-4H3. The minimum absolute atomic E-state index is 0.0615. The SMILES string of the molecule is Cc1noc(C)c1CS(=O)(=O)CCC1CC(C)CC(C)C1. The van der Waals surface area contributed by atoms with E-state index in [4.69, 9.17) is 4.52 Å². The van der Waals surface area contributed by atoms with Crippen LogP contribution in [0.4, 0.5) is 0 Å². The van der Waals surface area contributed by atoms with Crippen molar-refractivity contribution in [1.82, 2.24) is 5.16 Å². The van der Waals surface area contributed by atoms with E-state index in [9.17, 15) is 8.42 Å². The molecule has 0 bridgehead atoms. The van der Waals surface area contributed by atoms with Gasteiger partial charge in [-0.25, -0.2) is 8.42 Å². The maximum Gasteiger partial charge on any atom is 0.154 e. The van der Waals surface area contributed by atoms with Crippen LogP contribution in [-0.2, 0) is 15.6 Å². The molecule has 2 rings (SSSR count). The Kier molecular flexibility index (Phi) is 5.12. The summed E-state index contributed by atoms with van der Waals surface area (Å²) in [5, 5.41) is 3.83. The summed E-state index contributed by atoms with van der Waals surface area (Å²) in [4.78, 5) is 0. The average Bonchev–Trinajstić information content (AvgIpc) is 2.67. The Bertz CT molecular complexity index is 547. The molecule has 2 unspecified atom stereocenters. The van der Waals surface area contributed by atoms with E-state index in [-0.39, 0.29) is 11.5 Å². The normalized spacial score (nSPS) is 27.0. The molecule has 2 atom stereocenters. The largest absolute Gasteiger partial charge is 0.361 e. The molecule has 1 aromatic heterocycles. The van der Waals surface area contributed by atoms with Crippen molar-refractivity contribution in [3.8, 4) is 0 Å². The highest BCUT2D eigenvalue weighted by molar-refractivity contribution is 7.90. The Morgan fingerprint density at radius 1 is 1.14 bits per heavy atom. The van der Waals surface area contributed by atoms with E-state index in [1.165, 1.54) is 19.3 Å². The Morgan fingerprint density at radius 3 is 2.29 bits per heavy atom. The molecule has 0 aromatic carbocycles. The minimum atomic E-state index is -3.08. The van der Waals surface area contributed by atoms with Crippen LogP contribution in [0.2, 0.25) is 0 Å². The predicted octanol–water partition coefficient (Wildman–Crippen LogP) is 3.67. The van der Waals surface area contributed by atoms with Gasteiger partial charge in [0.15, 0.2) is 9.84 Å². The molecule has 1 aliphatic rings. The highest BCUT2D eigenvalue weighted by Gasteiger charge is 2.26. The van der Waals surface area contributed by atoms with Crippen LogP contribution in [0.5, 0.6) is 0 Å². The summed E-state index contributed by atoms with van der Waals surface area (Å²) in [7, 11) is -3.08. The van der Waals surface area contributed by atoms with Crippen molar-refractivity contribution in [2.24, 2.45) is 17.8 Å². The van der Waals surface area contributed by atoms with Crippen LogP contribution < -0.4 is 0 Å². The van der Waals surface area contributed by atoms with Crippen molar-refractivity contribution in [2.45, 2.75) is 59.1 Å². The van der Waals surface area contributed by atoms with Crippen molar-refractivity contribution >= 4 is 9.84 Å². The fourth-order valence-electron chi connectivity index (χ4n) is 3.70. The molecular formula is C16H27NO3S. The summed E-state index contributed by atoms with van der Waals surface area (Å²) < 4.78 is 29.7.